The Morgan fingerprint density at radius 1 is 0.977 bits per heavy atom. The van der Waals surface area contributed by atoms with E-state index >= 15 is 0 Å². The first-order chi connectivity index (χ1) is 20.5. The molecule has 0 spiro atoms. The van der Waals surface area contributed by atoms with Crippen LogP contribution in [0.2, 0.25) is 10.0 Å². The second-order valence-electron chi connectivity index (χ2n) is 11.2. The number of rotatable bonds is 13. The van der Waals surface area contributed by atoms with Crippen molar-refractivity contribution < 1.29 is 18.0 Å². The third-order valence-electron chi connectivity index (χ3n) is 7.80. The first kappa shape index (κ1) is 32.8. The Balaban J connectivity index is 1.60. The van der Waals surface area contributed by atoms with Crippen LogP contribution in [0.25, 0.3) is 0 Å². The Morgan fingerprint density at radius 3 is 2.28 bits per heavy atom. The number of carbonyl (C=O) groups is 2. The van der Waals surface area contributed by atoms with Crippen LogP contribution in [0.5, 0.6) is 0 Å². The highest BCUT2D eigenvalue weighted by Gasteiger charge is 2.32. The Morgan fingerprint density at radius 2 is 1.65 bits per heavy atom. The largest absolute Gasteiger partial charge is 0.352 e. The number of aryl methyl sites for hydroxylation is 1. The van der Waals surface area contributed by atoms with E-state index in [2.05, 4.69) is 5.32 Å². The lowest BCUT2D eigenvalue weighted by Gasteiger charge is -2.33. The third kappa shape index (κ3) is 9.46. The molecule has 10 heteroatoms. The summed E-state index contributed by atoms with van der Waals surface area (Å²) in [7, 11) is -3.58. The fourth-order valence-electron chi connectivity index (χ4n) is 5.47. The molecule has 0 saturated heterocycles. The number of nitrogens with one attached hydrogen (secondary N) is 1. The standard InChI is InChI=1S/C33H39Cl2N3O4S/c1-24-14-18-29(19-15-24)38(43(2,41)42)20-8-13-32(39)37(23-26-16-17-27(34)22-30(26)35)31(21-25-9-4-3-5-10-25)33(40)36-28-11-6-7-12-28/h3-5,9-10,14-19,22,28,31H,6-8,11-13,20-21,23H2,1-2H3,(H,36,40)/t31-/m1/s1. The molecule has 1 aliphatic rings. The molecule has 4 rings (SSSR count). The maximum Gasteiger partial charge on any atom is 0.243 e. The molecule has 0 radical (unpaired) electrons. The van der Waals surface area contributed by atoms with Crippen LogP contribution < -0.4 is 9.62 Å². The van der Waals surface area contributed by atoms with Crippen molar-refractivity contribution in [2.24, 2.45) is 0 Å². The van der Waals surface area contributed by atoms with Crippen LogP contribution in [0, 0.1) is 6.92 Å². The van der Waals surface area contributed by atoms with Gasteiger partial charge in [-0.3, -0.25) is 13.9 Å². The molecule has 0 bridgehead atoms. The summed E-state index contributed by atoms with van der Waals surface area (Å²) >= 11 is 12.7. The molecule has 1 aliphatic carbocycles. The van der Waals surface area contributed by atoms with E-state index < -0.39 is 16.1 Å². The first-order valence-electron chi connectivity index (χ1n) is 14.6. The van der Waals surface area contributed by atoms with Gasteiger partial charge in [0.2, 0.25) is 21.8 Å². The molecule has 1 fully saturated rings. The van der Waals surface area contributed by atoms with Crippen molar-refractivity contribution in [1.29, 1.82) is 0 Å². The van der Waals surface area contributed by atoms with Crippen molar-refractivity contribution in [1.82, 2.24) is 10.2 Å². The molecule has 43 heavy (non-hydrogen) atoms. The lowest BCUT2D eigenvalue weighted by Crippen LogP contribution is -2.52. The highest BCUT2D eigenvalue weighted by molar-refractivity contribution is 7.92. The van der Waals surface area contributed by atoms with E-state index in [1.54, 1.807) is 35.2 Å². The Bertz CT molecular complexity index is 1490. The number of anilines is 1. The van der Waals surface area contributed by atoms with Gasteiger partial charge in [-0.15, -0.1) is 0 Å². The van der Waals surface area contributed by atoms with Gasteiger partial charge < -0.3 is 10.2 Å². The number of hydrogen-bond acceptors (Lipinski definition) is 4. The van der Waals surface area contributed by atoms with Gasteiger partial charge in [-0.25, -0.2) is 8.42 Å². The number of halogens is 2. The normalized spacial score (nSPS) is 14.3. The number of nitrogens with zero attached hydrogens (tertiary/aromatic N) is 2. The molecule has 0 aliphatic heterocycles. The van der Waals surface area contributed by atoms with Crippen LogP contribution in [0.3, 0.4) is 0 Å². The Labute approximate surface area is 265 Å². The van der Waals surface area contributed by atoms with Crippen LogP contribution in [-0.4, -0.2) is 50.0 Å². The summed E-state index contributed by atoms with van der Waals surface area (Å²) in [5.41, 5.74) is 3.16. The number of carbonyl (C=O) groups excluding carboxylic acids is 2. The average molecular weight is 645 g/mol. The third-order valence-corrected chi connectivity index (χ3v) is 9.58. The van der Waals surface area contributed by atoms with Gasteiger partial charge in [-0.05, 0) is 61.6 Å². The molecule has 2 amide bonds. The topological polar surface area (TPSA) is 86.8 Å². The van der Waals surface area contributed by atoms with Crippen molar-refractivity contribution in [2.75, 3.05) is 17.1 Å². The van der Waals surface area contributed by atoms with Gasteiger partial charge in [-0.2, -0.15) is 0 Å². The molecular weight excluding hydrogens is 605 g/mol. The quantitative estimate of drug-likeness (QED) is 0.229. The minimum absolute atomic E-state index is 0.0467. The summed E-state index contributed by atoms with van der Waals surface area (Å²) in [6.07, 6.45) is 5.77. The summed E-state index contributed by atoms with van der Waals surface area (Å²) in [6, 6.07) is 21.2. The zero-order valence-corrected chi connectivity index (χ0v) is 27.0. The molecule has 7 nitrogen and oxygen atoms in total. The second-order valence-corrected chi connectivity index (χ2v) is 14.0. The van der Waals surface area contributed by atoms with Crippen LogP contribution in [0.1, 0.15) is 55.2 Å². The molecule has 3 aromatic carbocycles. The second kappa shape index (κ2) is 15.1. The van der Waals surface area contributed by atoms with Crippen LogP contribution in [0.4, 0.5) is 5.69 Å². The monoisotopic (exact) mass is 643 g/mol. The van der Waals surface area contributed by atoms with Crippen LogP contribution >= 0.6 is 23.2 Å². The van der Waals surface area contributed by atoms with Gasteiger partial charge in [0.15, 0.2) is 0 Å². The Hall–Kier alpha value is -3.07. The van der Waals surface area contributed by atoms with Gasteiger partial charge in [0.1, 0.15) is 6.04 Å². The molecule has 1 atom stereocenters. The van der Waals surface area contributed by atoms with E-state index in [9.17, 15) is 18.0 Å². The van der Waals surface area contributed by atoms with E-state index in [0.717, 1.165) is 43.1 Å². The van der Waals surface area contributed by atoms with E-state index in [4.69, 9.17) is 23.2 Å². The minimum atomic E-state index is -3.58. The van der Waals surface area contributed by atoms with Gasteiger partial charge in [0, 0.05) is 42.0 Å². The molecule has 1 saturated carbocycles. The van der Waals surface area contributed by atoms with Crippen LogP contribution in [-0.2, 0) is 32.6 Å². The lowest BCUT2D eigenvalue weighted by molar-refractivity contribution is -0.141. The van der Waals surface area contributed by atoms with Crippen molar-refractivity contribution in [3.8, 4) is 0 Å². The van der Waals surface area contributed by atoms with E-state index in [1.807, 2.05) is 49.4 Å². The molecule has 3 aromatic rings. The fraction of sp³-hybridized carbons (Fsp3) is 0.394. The summed E-state index contributed by atoms with van der Waals surface area (Å²) in [4.78, 5) is 29.5. The summed E-state index contributed by atoms with van der Waals surface area (Å²) < 4.78 is 26.6. The van der Waals surface area contributed by atoms with Gasteiger partial charge in [0.25, 0.3) is 0 Å². The van der Waals surface area contributed by atoms with E-state index in [0.29, 0.717) is 27.7 Å². The van der Waals surface area contributed by atoms with Crippen molar-refractivity contribution in [3.05, 3.63) is 99.5 Å². The van der Waals surface area contributed by atoms with Crippen LogP contribution in [0.15, 0.2) is 72.8 Å². The smallest absolute Gasteiger partial charge is 0.243 e. The summed E-state index contributed by atoms with van der Waals surface area (Å²) in [5.74, 6) is -0.461. The number of amides is 2. The lowest BCUT2D eigenvalue weighted by atomic mass is 10.0. The SMILES string of the molecule is Cc1ccc(N(CCCC(=O)N(Cc2ccc(Cl)cc2Cl)[C@H](Cc2ccccc2)C(=O)NC2CCCC2)S(C)(=O)=O)cc1. The zero-order chi connectivity index (χ0) is 31.0. The van der Waals surface area contributed by atoms with E-state index in [-0.39, 0.29) is 43.8 Å². The van der Waals surface area contributed by atoms with Gasteiger partial charge >= 0.3 is 0 Å². The number of benzene rings is 3. The first-order valence-corrected chi connectivity index (χ1v) is 17.2. The van der Waals surface area contributed by atoms with Crippen molar-refractivity contribution in [3.63, 3.8) is 0 Å². The Kier molecular flexibility index (Phi) is 11.5. The van der Waals surface area contributed by atoms with E-state index in [1.165, 1.54) is 4.31 Å². The predicted molar refractivity (Wildman–Crippen MR) is 174 cm³/mol. The summed E-state index contributed by atoms with van der Waals surface area (Å²) in [6.45, 7) is 2.17. The van der Waals surface area contributed by atoms with Crippen molar-refractivity contribution in [2.45, 2.75) is 70.5 Å². The fourth-order valence-corrected chi connectivity index (χ4v) is 6.90. The van der Waals surface area contributed by atoms with Gasteiger partial charge in [0.05, 0.1) is 11.9 Å². The maximum absolute atomic E-state index is 14.0. The number of sulfonamides is 1. The molecule has 0 aromatic heterocycles. The molecule has 0 unspecified atom stereocenters. The average Bonchev–Trinajstić information content (AvgIpc) is 3.47. The molecule has 0 heterocycles. The highest BCUT2D eigenvalue weighted by atomic mass is 35.5. The highest BCUT2D eigenvalue weighted by Crippen LogP contribution is 2.26. The summed E-state index contributed by atoms with van der Waals surface area (Å²) in [5, 5.41) is 4.07. The van der Waals surface area contributed by atoms with Gasteiger partial charge in [-0.1, -0.05) is 90.1 Å². The number of hydrogen-bond donors (Lipinski definition) is 1. The minimum Gasteiger partial charge on any atom is -0.352 e. The molecule has 230 valence electrons. The van der Waals surface area contributed by atoms with Crippen molar-refractivity contribution >= 4 is 50.7 Å². The molecule has 1 N–H and O–H groups in total. The zero-order valence-electron chi connectivity index (χ0n) is 24.6. The predicted octanol–water partition coefficient (Wildman–Crippen LogP) is 6.55. The molecular formula is C33H39Cl2N3O4S. The maximum atomic E-state index is 14.0.